The molecule has 2 amide bonds. The molecule has 2 N–H and O–H groups in total. The van der Waals surface area contributed by atoms with Crippen molar-refractivity contribution >= 4 is 23.4 Å². The van der Waals surface area contributed by atoms with Crippen molar-refractivity contribution in [3.05, 3.63) is 59.9 Å². The van der Waals surface area contributed by atoms with E-state index in [2.05, 4.69) is 20.7 Å². The van der Waals surface area contributed by atoms with Gasteiger partial charge in [-0.05, 0) is 30.3 Å². The molecule has 10 nitrogen and oxygen atoms in total. The SMILES string of the molecule is CC(=O)NC[C@H]1CN(c2ccc(C(=N)C[C@@H](C)n3nnc(-c4ccccc4)n3)c(F)c2)C(=O)O1. The van der Waals surface area contributed by atoms with Crippen LogP contribution in [0.4, 0.5) is 14.9 Å². The Bertz CT molecular complexity index is 1210. The number of tetrazole rings is 1. The van der Waals surface area contributed by atoms with Crippen molar-refractivity contribution in [2.24, 2.45) is 0 Å². The van der Waals surface area contributed by atoms with Gasteiger partial charge in [-0.2, -0.15) is 4.80 Å². The average Bonchev–Trinajstić information content (AvgIpc) is 3.45. The van der Waals surface area contributed by atoms with E-state index in [0.717, 1.165) is 5.56 Å². The molecule has 1 fully saturated rings. The number of cyclic esters (lactones) is 1. The minimum Gasteiger partial charge on any atom is -0.442 e. The van der Waals surface area contributed by atoms with Crippen LogP contribution in [0.15, 0.2) is 48.5 Å². The molecule has 3 aromatic rings. The summed E-state index contributed by atoms with van der Waals surface area (Å²) < 4.78 is 20.1. The molecule has 34 heavy (non-hydrogen) atoms. The Morgan fingerprint density at radius 2 is 2.06 bits per heavy atom. The third-order valence-electron chi connectivity index (χ3n) is 5.40. The molecule has 1 aromatic heterocycles. The molecule has 176 valence electrons. The molecule has 0 aliphatic carbocycles. The van der Waals surface area contributed by atoms with Gasteiger partial charge in [-0.15, -0.1) is 10.2 Å². The lowest BCUT2D eigenvalue weighted by atomic mass is 10.0. The maximum Gasteiger partial charge on any atom is 0.414 e. The molecular formula is C23H24FN7O3. The van der Waals surface area contributed by atoms with Gasteiger partial charge in [0.1, 0.15) is 11.9 Å². The van der Waals surface area contributed by atoms with E-state index >= 15 is 0 Å². The van der Waals surface area contributed by atoms with Crippen LogP contribution in [0, 0.1) is 11.2 Å². The lowest BCUT2D eigenvalue weighted by Crippen LogP contribution is -2.33. The Balaban J connectivity index is 1.41. The second-order valence-electron chi connectivity index (χ2n) is 8.05. The summed E-state index contributed by atoms with van der Waals surface area (Å²) >= 11 is 0. The third-order valence-corrected chi connectivity index (χ3v) is 5.40. The quantitative estimate of drug-likeness (QED) is 0.493. The lowest BCUT2D eigenvalue weighted by molar-refractivity contribution is -0.119. The van der Waals surface area contributed by atoms with Gasteiger partial charge in [0, 0.05) is 30.2 Å². The monoisotopic (exact) mass is 465 g/mol. The summed E-state index contributed by atoms with van der Waals surface area (Å²) in [5.41, 5.74) is 1.35. The number of anilines is 1. The van der Waals surface area contributed by atoms with E-state index in [9.17, 15) is 14.0 Å². The second kappa shape index (κ2) is 9.77. The van der Waals surface area contributed by atoms with E-state index in [1.807, 2.05) is 37.3 Å². The molecule has 0 spiro atoms. The number of nitrogens with zero attached hydrogens (tertiary/aromatic N) is 5. The van der Waals surface area contributed by atoms with Gasteiger partial charge in [-0.3, -0.25) is 9.69 Å². The molecule has 2 atom stereocenters. The Morgan fingerprint density at radius 3 is 2.76 bits per heavy atom. The molecule has 11 heteroatoms. The number of halogens is 1. The number of hydrogen-bond acceptors (Lipinski definition) is 7. The van der Waals surface area contributed by atoms with Gasteiger partial charge < -0.3 is 15.5 Å². The first-order valence-electron chi connectivity index (χ1n) is 10.8. The summed E-state index contributed by atoms with van der Waals surface area (Å²) in [6, 6.07) is 13.3. The van der Waals surface area contributed by atoms with Crippen molar-refractivity contribution < 1.29 is 18.7 Å². The molecule has 0 radical (unpaired) electrons. The number of amides is 2. The maximum atomic E-state index is 14.9. The molecule has 0 unspecified atom stereocenters. The van der Waals surface area contributed by atoms with Gasteiger partial charge in [0.2, 0.25) is 11.7 Å². The zero-order chi connectivity index (χ0) is 24.2. The number of carbonyl (C=O) groups is 2. The minimum atomic E-state index is -0.621. The highest BCUT2D eigenvalue weighted by molar-refractivity contribution is 5.99. The van der Waals surface area contributed by atoms with Gasteiger partial charge >= 0.3 is 6.09 Å². The minimum absolute atomic E-state index is 0.0719. The predicted octanol–water partition coefficient (Wildman–Crippen LogP) is 2.96. The Morgan fingerprint density at radius 1 is 1.29 bits per heavy atom. The molecule has 1 aliphatic heterocycles. The van der Waals surface area contributed by atoms with Gasteiger partial charge in [-0.25, -0.2) is 9.18 Å². The Labute approximate surface area is 195 Å². The van der Waals surface area contributed by atoms with Crippen molar-refractivity contribution in [3.8, 4) is 11.4 Å². The van der Waals surface area contributed by atoms with E-state index in [1.54, 1.807) is 6.07 Å². The molecule has 0 bridgehead atoms. The molecular weight excluding hydrogens is 441 g/mol. The summed E-state index contributed by atoms with van der Waals surface area (Å²) in [6.45, 7) is 3.57. The predicted molar refractivity (Wildman–Crippen MR) is 122 cm³/mol. The highest BCUT2D eigenvalue weighted by Crippen LogP contribution is 2.25. The van der Waals surface area contributed by atoms with Gasteiger partial charge in [0.25, 0.3) is 0 Å². The molecule has 4 rings (SSSR count). The van der Waals surface area contributed by atoms with E-state index in [-0.39, 0.29) is 42.7 Å². The van der Waals surface area contributed by atoms with E-state index in [4.69, 9.17) is 10.1 Å². The number of rotatable bonds is 8. The first kappa shape index (κ1) is 23.0. The average molecular weight is 465 g/mol. The lowest BCUT2D eigenvalue weighted by Gasteiger charge is -2.16. The first-order valence-corrected chi connectivity index (χ1v) is 10.8. The second-order valence-corrected chi connectivity index (χ2v) is 8.05. The van der Waals surface area contributed by atoms with Crippen molar-refractivity contribution in [1.29, 1.82) is 5.41 Å². The molecule has 2 aromatic carbocycles. The third kappa shape index (κ3) is 5.08. The Hall–Kier alpha value is -4.15. The summed E-state index contributed by atoms with van der Waals surface area (Å²) in [5.74, 6) is -0.372. The number of ether oxygens (including phenoxy) is 1. The topological polar surface area (TPSA) is 126 Å². The zero-order valence-corrected chi connectivity index (χ0v) is 18.7. The van der Waals surface area contributed by atoms with Gasteiger partial charge in [0.15, 0.2) is 0 Å². The zero-order valence-electron chi connectivity index (χ0n) is 18.7. The van der Waals surface area contributed by atoms with Crippen molar-refractivity contribution in [2.45, 2.75) is 32.4 Å². The number of aromatic nitrogens is 4. The fraction of sp³-hybridized carbons (Fsp3) is 0.304. The van der Waals surface area contributed by atoms with E-state index < -0.39 is 18.0 Å². The molecule has 2 heterocycles. The normalized spacial score (nSPS) is 16.3. The van der Waals surface area contributed by atoms with Crippen LogP contribution in [0.25, 0.3) is 11.4 Å². The fourth-order valence-electron chi connectivity index (χ4n) is 3.61. The largest absolute Gasteiger partial charge is 0.442 e. The summed E-state index contributed by atoms with van der Waals surface area (Å²) in [7, 11) is 0. The molecule has 0 saturated carbocycles. The van der Waals surface area contributed by atoms with Crippen LogP contribution in [0.3, 0.4) is 0 Å². The maximum absolute atomic E-state index is 14.9. The van der Waals surface area contributed by atoms with Gasteiger partial charge in [-0.1, -0.05) is 30.3 Å². The van der Waals surface area contributed by atoms with E-state index in [0.29, 0.717) is 11.5 Å². The Kier molecular flexibility index (Phi) is 6.62. The number of carbonyl (C=O) groups excluding carboxylic acids is 2. The van der Waals surface area contributed by atoms with Crippen molar-refractivity contribution in [2.75, 3.05) is 18.0 Å². The molecule has 1 saturated heterocycles. The summed E-state index contributed by atoms with van der Waals surface area (Å²) in [4.78, 5) is 26.0. The van der Waals surface area contributed by atoms with Crippen molar-refractivity contribution in [1.82, 2.24) is 25.5 Å². The molecule has 1 aliphatic rings. The smallest absolute Gasteiger partial charge is 0.414 e. The van der Waals surface area contributed by atoms with Crippen LogP contribution >= 0.6 is 0 Å². The number of nitrogens with one attached hydrogen (secondary N) is 2. The van der Waals surface area contributed by atoms with Crippen LogP contribution in [-0.4, -0.2) is 57.1 Å². The van der Waals surface area contributed by atoms with Crippen LogP contribution in [0.2, 0.25) is 0 Å². The van der Waals surface area contributed by atoms with Crippen LogP contribution in [0.5, 0.6) is 0 Å². The standard InChI is InChI=1S/C23H24FN7O3/c1-14(31-28-22(27-29-31)16-6-4-3-5-7-16)10-21(25)19-9-8-17(11-20(19)24)30-13-18(34-23(30)33)12-26-15(2)32/h3-9,11,14,18,25H,10,12-13H2,1-2H3,(H,26,32)/t14-,18+/m1/s1. The summed E-state index contributed by atoms with van der Waals surface area (Å²) in [6.07, 6.45) is -0.947. The fourth-order valence-corrected chi connectivity index (χ4v) is 3.61. The highest BCUT2D eigenvalue weighted by atomic mass is 19.1. The van der Waals surface area contributed by atoms with Crippen LogP contribution in [-0.2, 0) is 9.53 Å². The number of benzene rings is 2. The first-order chi connectivity index (χ1) is 16.3. The van der Waals surface area contributed by atoms with Crippen molar-refractivity contribution in [3.63, 3.8) is 0 Å². The number of hydrogen-bond donors (Lipinski definition) is 2. The van der Waals surface area contributed by atoms with Crippen LogP contribution in [0.1, 0.15) is 31.9 Å². The van der Waals surface area contributed by atoms with Gasteiger partial charge in [0.05, 0.1) is 24.8 Å². The van der Waals surface area contributed by atoms with E-state index in [1.165, 1.54) is 28.8 Å². The highest BCUT2D eigenvalue weighted by Gasteiger charge is 2.33. The summed E-state index contributed by atoms with van der Waals surface area (Å²) in [5, 5.41) is 23.5. The van der Waals surface area contributed by atoms with Crippen LogP contribution < -0.4 is 10.2 Å².